The third kappa shape index (κ3) is 5.41. The van der Waals surface area contributed by atoms with E-state index >= 15 is 0 Å². The molecule has 3 atom stereocenters. The summed E-state index contributed by atoms with van der Waals surface area (Å²) in [5.74, 6) is 1.63. The molecule has 0 bridgehead atoms. The molecule has 3 unspecified atom stereocenters. The second-order valence-corrected chi connectivity index (χ2v) is 6.71. The van der Waals surface area contributed by atoms with Crippen molar-refractivity contribution in [3.8, 4) is 0 Å². The quantitative estimate of drug-likeness (QED) is 0.709. The van der Waals surface area contributed by atoms with Crippen LogP contribution in [0, 0.1) is 11.8 Å². The fraction of sp³-hybridized carbons (Fsp3) is 1.00. The highest BCUT2D eigenvalue weighted by Crippen LogP contribution is 2.29. The zero-order valence-electron chi connectivity index (χ0n) is 12.8. The van der Waals surface area contributed by atoms with Crippen molar-refractivity contribution in [1.82, 2.24) is 10.2 Å². The molecular weight excluding hydrogens is 236 g/mol. The van der Waals surface area contributed by atoms with Crippen LogP contribution in [0.2, 0.25) is 0 Å². The minimum Gasteiger partial charge on any atom is -0.393 e. The van der Waals surface area contributed by atoms with E-state index in [1.807, 2.05) is 0 Å². The van der Waals surface area contributed by atoms with Gasteiger partial charge < -0.3 is 15.3 Å². The molecule has 0 spiro atoms. The van der Waals surface area contributed by atoms with E-state index in [-0.39, 0.29) is 6.10 Å². The van der Waals surface area contributed by atoms with Gasteiger partial charge in [0.05, 0.1) is 6.10 Å². The lowest BCUT2D eigenvalue weighted by atomic mass is 9.88. The normalized spacial score (nSPS) is 30.5. The minimum atomic E-state index is -0.101. The zero-order valence-corrected chi connectivity index (χ0v) is 12.8. The van der Waals surface area contributed by atoms with Crippen molar-refractivity contribution in [3.05, 3.63) is 0 Å². The van der Waals surface area contributed by atoms with Gasteiger partial charge in [0.15, 0.2) is 0 Å². The first-order valence-electron chi connectivity index (χ1n) is 8.35. The van der Waals surface area contributed by atoms with Crippen LogP contribution in [0.5, 0.6) is 0 Å². The Balaban J connectivity index is 1.79. The summed E-state index contributed by atoms with van der Waals surface area (Å²) >= 11 is 0. The van der Waals surface area contributed by atoms with Crippen LogP contribution in [-0.2, 0) is 0 Å². The molecule has 0 aromatic rings. The summed E-state index contributed by atoms with van der Waals surface area (Å²) < 4.78 is 0. The van der Waals surface area contributed by atoms with Crippen LogP contribution >= 0.6 is 0 Å². The van der Waals surface area contributed by atoms with Crippen LogP contribution in [0.25, 0.3) is 0 Å². The van der Waals surface area contributed by atoms with E-state index in [0.29, 0.717) is 12.0 Å². The Hall–Kier alpha value is -0.120. The first-order valence-corrected chi connectivity index (χ1v) is 8.35. The molecule has 1 aliphatic carbocycles. The number of likely N-dealkylation sites (tertiary alicyclic amines) is 1. The van der Waals surface area contributed by atoms with Gasteiger partial charge in [0, 0.05) is 19.1 Å². The summed E-state index contributed by atoms with van der Waals surface area (Å²) in [5.41, 5.74) is 0. The maximum atomic E-state index is 9.90. The summed E-state index contributed by atoms with van der Waals surface area (Å²) in [6, 6.07) is 0.648. The Morgan fingerprint density at radius 3 is 2.63 bits per heavy atom. The number of hydrogen-bond acceptors (Lipinski definition) is 3. The van der Waals surface area contributed by atoms with Gasteiger partial charge in [-0.1, -0.05) is 13.8 Å². The third-order valence-corrected chi connectivity index (χ3v) is 4.62. The minimum absolute atomic E-state index is 0.101. The number of nitrogens with zero attached hydrogens (tertiary/aromatic N) is 1. The number of hydrogen-bond donors (Lipinski definition) is 2. The molecule has 2 aliphatic rings. The maximum absolute atomic E-state index is 9.90. The molecule has 0 aromatic heterocycles. The van der Waals surface area contributed by atoms with Gasteiger partial charge in [-0.05, 0) is 63.5 Å². The Morgan fingerprint density at radius 1 is 1.21 bits per heavy atom. The van der Waals surface area contributed by atoms with Crippen molar-refractivity contribution in [2.45, 2.75) is 64.5 Å². The van der Waals surface area contributed by atoms with Crippen molar-refractivity contribution in [1.29, 1.82) is 0 Å². The first-order chi connectivity index (χ1) is 9.21. The van der Waals surface area contributed by atoms with Gasteiger partial charge in [-0.25, -0.2) is 0 Å². The molecule has 1 aliphatic heterocycles. The summed E-state index contributed by atoms with van der Waals surface area (Å²) in [6.07, 6.45) is 7.12. The first kappa shape index (κ1) is 15.3. The van der Waals surface area contributed by atoms with Crippen LogP contribution in [0.4, 0.5) is 0 Å². The standard InChI is InChI=1S/C16H32N2O/c1-3-7-18-11-14(9-16(19)4-2)8-15(12-18)17-10-13-5-6-13/h13-17,19H,3-12H2,1-2H3. The van der Waals surface area contributed by atoms with Crippen LogP contribution in [0.3, 0.4) is 0 Å². The summed E-state index contributed by atoms with van der Waals surface area (Å²) in [6.45, 7) is 9.16. The molecule has 112 valence electrons. The van der Waals surface area contributed by atoms with Gasteiger partial charge in [-0.2, -0.15) is 0 Å². The lowest BCUT2D eigenvalue weighted by Gasteiger charge is -2.39. The Labute approximate surface area is 118 Å². The molecule has 3 nitrogen and oxygen atoms in total. The third-order valence-electron chi connectivity index (χ3n) is 4.62. The molecule has 1 saturated carbocycles. The van der Waals surface area contributed by atoms with E-state index in [0.717, 1.165) is 18.8 Å². The van der Waals surface area contributed by atoms with Crippen LogP contribution in [0.1, 0.15) is 52.4 Å². The molecule has 2 fully saturated rings. The molecule has 1 heterocycles. The highest BCUT2D eigenvalue weighted by molar-refractivity contribution is 4.86. The predicted molar refractivity (Wildman–Crippen MR) is 80.3 cm³/mol. The van der Waals surface area contributed by atoms with Gasteiger partial charge >= 0.3 is 0 Å². The van der Waals surface area contributed by atoms with Gasteiger partial charge in [0.25, 0.3) is 0 Å². The Morgan fingerprint density at radius 2 is 2.00 bits per heavy atom. The molecule has 2 N–H and O–H groups in total. The lowest BCUT2D eigenvalue weighted by Crippen LogP contribution is -2.50. The summed E-state index contributed by atoms with van der Waals surface area (Å²) in [7, 11) is 0. The number of nitrogens with one attached hydrogen (secondary N) is 1. The van der Waals surface area contributed by atoms with E-state index in [4.69, 9.17) is 0 Å². The molecule has 0 radical (unpaired) electrons. The van der Waals surface area contributed by atoms with Gasteiger partial charge in [-0.3, -0.25) is 0 Å². The fourth-order valence-corrected chi connectivity index (χ4v) is 3.33. The van der Waals surface area contributed by atoms with E-state index in [9.17, 15) is 5.11 Å². The fourth-order valence-electron chi connectivity index (χ4n) is 3.33. The largest absolute Gasteiger partial charge is 0.393 e. The molecule has 0 amide bonds. The number of rotatable bonds is 8. The number of piperidine rings is 1. The molecular formula is C16H32N2O. The summed E-state index contributed by atoms with van der Waals surface area (Å²) in [4.78, 5) is 2.60. The van der Waals surface area contributed by atoms with Crippen molar-refractivity contribution in [3.63, 3.8) is 0 Å². The topological polar surface area (TPSA) is 35.5 Å². The second-order valence-electron chi connectivity index (χ2n) is 6.71. The average molecular weight is 268 g/mol. The van der Waals surface area contributed by atoms with Crippen molar-refractivity contribution >= 4 is 0 Å². The summed E-state index contributed by atoms with van der Waals surface area (Å²) in [5, 5.41) is 13.7. The average Bonchev–Trinajstić information content (AvgIpc) is 3.20. The lowest BCUT2D eigenvalue weighted by molar-refractivity contribution is 0.0837. The van der Waals surface area contributed by atoms with Gasteiger partial charge in [0.2, 0.25) is 0 Å². The number of aliphatic hydroxyl groups excluding tert-OH is 1. The Bertz CT molecular complexity index is 255. The zero-order chi connectivity index (χ0) is 13.7. The van der Waals surface area contributed by atoms with Crippen LogP contribution < -0.4 is 5.32 Å². The molecule has 0 aromatic carbocycles. The van der Waals surface area contributed by atoms with E-state index in [2.05, 4.69) is 24.1 Å². The van der Waals surface area contributed by atoms with Crippen LogP contribution in [-0.4, -0.2) is 48.3 Å². The number of aliphatic hydroxyl groups is 1. The van der Waals surface area contributed by atoms with Gasteiger partial charge in [-0.15, -0.1) is 0 Å². The monoisotopic (exact) mass is 268 g/mol. The highest BCUT2D eigenvalue weighted by Gasteiger charge is 2.29. The highest BCUT2D eigenvalue weighted by atomic mass is 16.3. The maximum Gasteiger partial charge on any atom is 0.0540 e. The van der Waals surface area contributed by atoms with E-state index < -0.39 is 0 Å². The van der Waals surface area contributed by atoms with Gasteiger partial charge in [0.1, 0.15) is 0 Å². The van der Waals surface area contributed by atoms with Crippen LogP contribution in [0.15, 0.2) is 0 Å². The SMILES string of the molecule is CCCN1CC(CC(O)CC)CC(NCC2CC2)C1. The molecule has 3 heteroatoms. The predicted octanol–water partition coefficient (Wildman–Crippen LogP) is 2.25. The van der Waals surface area contributed by atoms with Crippen molar-refractivity contribution in [2.24, 2.45) is 11.8 Å². The van der Waals surface area contributed by atoms with E-state index in [1.165, 1.54) is 51.9 Å². The molecule has 1 saturated heterocycles. The van der Waals surface area contributed by atoms with E-state index in [1.54, 1.807) is 0 Å². The molecule has 19 heavy (non-hydrogen) atoms. The Kier molecular flexibility index (Phi) is 6.11. The molecule has 2 rings (SSSR count). The van der Waals surface area contributed by atoms with Crippen molar-refractivity contribution < 1.29 is 5.11 Å². The smallest absolute Gasteiger partial charge is 0.0540 e. The second kappa shape index (κ2) is 7.61. The van der Waals surface area contributed by atoms with Crippen molar-refractivity contribution in [2.75, 3.05) is 26.2 Å².